The second-order valence-electron chi connectivity index (χ2n) is 14.6. The topological polar surface area (TPSA) is 82.8 Å². The van der Waals surface area contributed by atoms with Crippen LogP contribution in [0.3, 0.4) is 0 Å². The van der Waals surface area contributed by atoms with E-state index in [0.717, 1.165) is 82.8 Å². The Labute approximate surface area is 337 Å². The van der Waals surface area contributed by atoms with Crippen molar-refractivity contribution in [3.63, 3.8) is 0 Å². The molecule has 0 aliphatic rings. The number of hydrogen-bond donors (Lipinski definition) is 0. The van der Waals surface area contributed by atoms with Crippen LogP contribution in [0.1, 0.15) is 0 Å². The van der Waals surface area contributed by atoms with Crippen molar-refractivity contribution in [1.29, 1.82) is 0 Å². The molecule has 7 nitrogen and oxygen atoms in total. The number of benzene rings is 8. The molecule has 276 valence electrons. The summed E-state index contributed by atoms with van der Waals surface area (Å²) in [4.78, 5) is 20.6. The van der Waals surface area contributed by atoms with E-state index in [0.29, 0.717) is 34.5 Å². The molecule has 0 atom stereocenters. The second-order valence-corrected chi connectivity index (χ2v) is 14.6. The van der Waals surface area contributed by atoms with Gasteiger partial charge in [0.1, 0.15) is 16.7 Å². The van der Waals surface area contributed by atoms with Crippen LogP contribution >= 0.6 is 0 Å². The Kier molecular flexibility index (Phi) is 7.40. The summed E-state index contributed by atoms with van der Waals surface area (Å²) in [7, 11) is 0. The van der Waals surface area contributed by atoms with E-state index in [-0.39, 0.29) is 0 Å². The monoisotopic (exact) mass is 757 g/mol. The van der Waals surface area contributed by atoms with Crippen molar-refractivity contribution >= 4 is 54.8 Å². The highest BCUT2D eigenvalue weighted by Gasteiger charge is 2.22. The lowest BCUT2D eigenvalue weighted by molar-refractivity contribution is 0.620. The summed E-state index contributed by atoms with van der Waals surface area (Å²) < 4.78 is 15.2. The standard InChI is InChI=1S/C52H31N5O2/c1-4-14-32(15-5-1)34-26-28-43-41(30-34)42-31-35(27-29-44(42)57(43)36-18-8-3-9-19-36)49-54-50(39-22-13-25-46-47(39)53-52(59-46)33-16-6-2-7-17-33)56-51(55-49)40-23-12-21-38-37-20-10-11-24-45(37)58-48(38)40/h1-31H. The lowest BCUT2D eigenvalue weighted by atomic mass is 10.0. The fourth-order valence-corrected chi connectivity index (χ4v) is 8.33. The third-order valence-electron chi connectivity index (χ3n) is 11.1. The van der Waals surface area contributed by atoms with Gasteiger partial charge in [-0.25, -0.2) is 19.9 Å². The van der Waals surface area contributed by atoms with Crippen molar-refractivity contribution in [2.75, 3.05) is 0 Å². The third kappa shape index (κ3) is 5.44. The number of hydrogen-bond acceptors (Lipinski definition) is 6. The van der Waals surface area contributed by atoms with E-state index in [1.54, 1.807) is 0 Å². The zero-order valence-corrected chi connectivity index (χ0v) is 31.5. The van der Waals surface area contributed by atoms with Gasteiger partial charge in [-0.15, -0.1) is 0 Å². The minimum absolute atomic E-state index is 0.481. The molecule has 0 fully saturated rings. The minimum atomic E-state index is 0.481. The molecular weight excluding hydrogens is 727 g/mol. The molecule has 0 unspecified atom stereocenters. The Bertz CT molecular complexity index is 3550. The zero-order chi connectivity index (χ0) is 38.9. The summed E-state index contributed by atoms with van der Waals surface area (Å²) in [6.45, 7) is 0. The van der Waals surface area contributed by atoms with E-state index in [9.17, 15) is 0 Å². The number of aromatic nitrogens is 5. The fraction of sp³-hybridized carbons (Fsp3) is 0. The summed E-state index contributed by atoms with van der Waals surface area (Å²) in [6.07, 6.45) is 0. The number of oxazole rings is 1. The maximum atomic E-state index is 6.52. The molecule has 0 N–H and O–H groups in total. The van der Waals surface area contributed by atoms with E-state index in [1.165, 1.54) is 0 Å². The SMILES string of the molecule is c1ccc(-c2ccc3c(c2)c2cc(-c4nc(-c5cccc6oc(-c7ccccc7)nc56)nc(-c5cccc6c5oc5ccccc56)n4)ccc2n3-c2ccccc2)cc1. The molecule has 0 saturated heterocycles. The average molecular weight is 758 g/mol. The van der Waals surface area contributed by atoms with Gasteiger partial charge < -0.3 is 13.4 Å². The van der Waals surface area contributed by atoms with Gasteiger partial charge in [0.05, 0.1) is 16.6 Å². The van der Waals surface area contributed by atoms with Gasteiger partial charge in [0.25, 0.3) is 0 Å². The highest BCUT2D eigenvalue weighted by Crippen LogP contribution is 2.40. The quantitative estimate of drug-likeness (QED) is 0.168. The van der Waals surface area contributed by atoms with E-state index in [2.05, 4.69) is 102 Å². The average Bonchev–Trinajstić information content (AvgIpc) is 4.01. The molecule has 4 aromatic heterocycles. The summed E-state index contributed by atoms with van der Waals surface area (Å²) in [6, 6.07) is 64.2. The van der Waals surface area contributed by atoms with Crippen molar-refractivity contribution in [1.82, 2.24) is 24.5 Å². The highest BCUT2D eigenvalue weighted by atomic mass is 16.3. The smallest absolute Gasteiger partial charge is 0.227 e. The van der Waals surface area contributed by atoms with Crippen LogP contribution in [0.4, 0.5) is 0 Å². The van der Waals surface area contributed by atoms with Crippen molar-refractivity contribution < 1.29 is 8.83 Å². The van der Waals surface area contributed by atoms with Gasteiger partial charge in [-0.1, -0.05) is 109 Å². The van der Waals surface area contributed by atoms with Gasteiger partial charge in [0.2, 0.25) is 5.89 Å². The zero-order valence-electron chi connectivity index (χ0n) is 31.5. The number of nitrogens with zero attached hydrogens (tertiary/aromatic N) is 5. The molecule has 4 heterocycles. The molecule has 12 rings (SSSR count). The third-order valence-corrected chi connectivity index (χ3v) is 11.1. The van der Waals surface area contributed by atoms with Gasteiger partial charge in [0.15, 0.2) is 23.1 Å². The molecular formula is C52H31N5O2. The van der Waals surface area contributed by atoms with Crippen molar-refractivity contribution in [2.45, 2.75) is 0 Å². The Morgan fingerprint density at radius 2 is 0.932 bits per heavy atom. The van der Waals surface area contributed by atoms with Crippen LogP contribution in [0.5, 0.6) is 0 Å². The van der Waals surface area contributed by atoms with Gasteiger partial charge in [-0.3, -0.25) is 0 Å². The summed E-state index contributed by atoms with van der Waals surface area (Å²) in [5.41, 5.74) is 11.7. The molecule has 0 saturated carbocycles. The van der Waals surface area contributed by atoms with Gasteiger partial charge in [-0.2, -0.15) is 0 Å². The Hall–Kier alpha value is -8.16. The first kappa shape index (κ1) is 33.0. The largest absolute Gasteiger partial charge is 0.455 e. The molecule has 0 amide bonds. The molecule has 0 radical (unpaired) electrons. The molecule has 0 aliphatic carbocycles. The molecule has 59 heavy (non-hydrogen) atoms. The Balaban J connectivity index is 1.11. The van der Waals surface area contributed by atoms with Gasteiger partial charge in [-0.05, 0) is 90.0 Å². The summed E-state index contributed by atoms with van der Waals surface area (Å²) in [5, 5.41) is 4.26. The van der Waals surface area contributed by atoms with E-state index < -0.39 is 0 Å². The minimum Gasteiger partial charge on any atom is -0.455 e. The number of rotatable bonds is 6. The number of fused-ring (bicyclic) bond motifs is 7. The van der Waals surface area contributed by atoms with E-state index in [4.69, 9.17) is 28.8 Å². The van der Waals surface area contributed by atoms with Crippen LogP contribution in [0.15, 0.2) is 197 Å². The Morgan fingerprint density at radius 1 is 0.356 bits per heavy atom. The van der Waals surface area contributed by atoms with Crippen molar-refractivity contribution in [2.24, 2.45) is 0 Å². The highest BCUT2D eigenvalue weighted by molar-refractivity contribution is 6.12. The maximum absolute atomic E-state index is 6.52. The van der Waals surface area contributed by atoms with Crippen LogP contribution in [0, 0.1) is 0 Å². The number of furan rings is 1. The lowest BCUT2D eigenvalue weighted by Crippen LogP contribution is -2.01. The van der Waals surface area contributed by atoms with Crippen LogP contribution in [-0.2, 0) is 0 Å². The molecule has 8 aromatic carbocycles. The predicted molar refractivity (Wildman–Crippen MR) is 236 cm³/mol. The summed E-state index contributed by atoms with van der Waals surface area (Å²) >= 11 is 0. The predicted octanol–water partition coefficient (Wildman–Crippen LogP) is 13.3. The molecule has 0 aliphatic heterocycles. The fourth-order valence-electron chi connectivity index (χ4n) is 8.33. The number of para-hydroxylation sites is 4. The van der Waals surface area contributed by atoms with Crippen LogP contribution in [0.25, 0.3) is 117 Å². The molecule has 0 bridgehead atoms. The first-order valence-electron chi connectivity index (χ1n) is 19.5. The molecule has 0 spiro atoms. The first-order valence-corrected chi connectivity index (χ1v) is 19.5. The maximum Gasteiger partial charge on any atom is 0.227 e. The Morgan fingerprint density at radius 3 is 1.71 bits per heavy atom. The van der Waals surface area contributed by atoms with Crippen molar-refractivity contribution in [3.8, 4) is 62.4 Å². The van der Waals surface area contributed by atoms with E-state index in [1.807, 2.05) is 91.0 Å². The van der Waals surface area contributed by atoms with Crippen molar-refractivity contribution in [3.05, 3.63) is 188 Å². The second kappa shape index (κ2) is 13.2. The molecule has 7 heteroatoms. The normalized spacial score (nSPS) is 11.7. The van der Waals surface area contributed by atoms with Crippen LogP contribution in [-0.4, -0.2) is 24.5 Å². The van der Waals surface area contributed by atoms with Crippen LogP contribution < -0.4 is 0 Å². The van der Waals surface area contributed by atoms with Crippen LogP contribution in [0.2, 0.25) is 0 Å². The molecule has 12 aromatic rings. The first-order chi connectivity index (χ1) is 29.2. The summed E-state index contributed by atoms with van der Waals surface area (Å²) in [5.74, 6) is 2.04. The van der Waals surface area contributed by atoms with Gasteiger partial charge in [0, 0.05) is 43.9 Å². The lowest BCUT2D eigenvalue weighted by Gasteiger charge is -2.10. The van der Waals surface area contributed by atoms with E-state index >= 15 is 0 Å². The van der Waals surface area contributed by atoms with Gasteiger partial charge >= 0.3 is 0 Å².